The van der Waals surface area contributed by atoms with E-state index in [2.05, 4.69) is 10.3 Å². The number of carbonyl (C=O) groups is 3. The fraction of sp³-hybridized carbons (Fsp3) is 0.304. The molecule has 7 nitrogen and oxygen atoms in total. The number of nitrogens with zero attached hydrogens (tertiary/aromatic N) is 2. The second-order valence-corrected chi connectivity index (χ2v) is 9.29. The van der Waals surface area contributed by atoms with Gasteiger partial charge in [0.1, 0.15) is 4.88 Å². The smallest absolute Gasteiger partial charge is 0.350 e. The van der Waals surface area contributed by atoms with E-state index in [9.17, 15) is 14.4 Å². The summed E-state index contributed by atoms with van der Waals surface area (Å²) in [7, 11) is 0. The van der Waals surface area contributed by atoms with Gasteiger partial charge in [-0.1, -0.05) is 47.7 Å². The Bertz CT molecular complexity index is 1100. The first-order valence-electron chi connectivity index (χ1n) is 10.4. The van der Waals surface area contributed by atoms with Gasteiger partial charge >= 0.3 is 5.97 Å². The van der Waals surface area contributed by atoms with Crippen molar-refractivity contribution < 1.29 is 19.1 Å². The van der Waals surface area contributed by atoms with Gasteiger partial charge in [0, 0.05) is 18.7 Å². The molecule has 1 aliphatic rings. The maximum absolute atomic E-state index is 13.0. The third-order valence-electron chi connectivity index (χ3n) is 5.18. The number of rotatable bonds is 6. The predicted molar refractivity (Wildman–Crippen MR) is 125 cm³/mol. The Balaban J connectivity index is 1.50. The maximum Gasteiger partial charge on any atom is 0.350 e. The minimum atomic E-state index is -0.463. The fourth-order valence-corrected chi connectivity index (χ4v) is 5.21. The second-order valence-electron chi connectivity index (χ2n) is 7.34. The molecule has 1 N–H and O–H groups in total. The summed E-state index contributed by atoms with van der Waals surface area (Å²) >= 11 is 2.51. The van der Waals surface area contributed by atoms with Gasteiger partial charge in [0.25, 0.3) is 5.91 Å². The maximum atomic E-state index is 13.0. The summed E-state index contributed by atoms with van der Waals surface area (Å²) in [6.07, 6.45) is 1.46. The Morgan fingerprint density at radius 1 is 1.19 bits per heavy atom. The molecule has 166 valence electrons. The number of likely N-dealkylation sites (tertiary alicyclic amines) is 1. The van der Waals surface area contributed by atoms with Crippen LogP contribution in [0.15, 0.2) is 47.8 Å². The Hall–Kier alpha value is -3.04. The third-order valence-corrected chi connectivity index (χ3v) is 6.99. The van der Waals surface area contributed by atoms with Crippen molar-refractivity contribution in [1.29, 1.82) is 0 Å². The minimum absolute atomic E-state index is 0.0392. The zero-order chi connectivity index (χ0) is 22.5. The van der Waals surface area contributed by atoms with Crippen LogP contribution in [0.2, 0.25) is 0 Å². The molecule has 0 aliphatic carbocycles. The van der Waals surface area contributed by atoms with Gasteiger partial charge in [0.15, 0.2) is 5.13 Å². The molecular formula is C23H23N3O4S2. The van der Waals surface area contributed by atoms with E-state index in [-0.39, 0.29) is 24.3 Å². The topological polar surface area (TPSA) is 88.6 Å². The highest BCUT2D eigenvalue weighted by Gasteiger charge is 2.30. The van der Waals surface area contributed by atoms with Gasteiger partial charge in [-0.2, -0.15) is 0 Å². The van der Waals surface area contributed by atoms with Crippen LogP contribution in [0.5, 0.6) is 0 Å². The molecule has 1 aliphatic heterocycles. The quantitative estimate of drug-likeness (QED) is 0.536. The van der Waals surface area contributed by atoms with Crippen LogP contribution < -0.4 is 5.32 Å². The Labute approximate surface area is 194 Å². The number of amides is 2. The molecule has 0 spiro atoms. The summed E-state index contributed by atoms with van der Waals surface area (Å²) in [6, 6.07) is 13.0. The normalized spacial score (nSPS) is 15.9. The van der Waals surface area contributed by atoms with E-state index in [4.69, 9.17) is 4.74 Å². The zero-order valence-electron chi connectivity index (χ0n) is 17.6. The molecule has 1 fully saturated rings. The van der Waals surface area contributed by atoms with Gasteiger partial charge in [-0.05, 0) is 31.2 Å². The number of aromatic nitrogens is 1. The second kappa shape index (κ2) is 10.1. The van der Waals surface area contributed by atoms with Gasteiger partial charge in [-0.3, -0.25) is 9.59 Å². The van der Waals surface area contributed by atoms with E-state index < -0.39 is 5.97 Å². The molecule has 4 rings (SSSR count). The van der Waals surface area contributed by atoms with Gasteiger partial charge in [-0.15, -0.1) is 11.3 Å². The molecule has 32 heavy (non-hydrogen) atoms. The van der Waals surface area contributed by atoms with Crippen molar-refractivity contribution >= 4 is 45.6 Å². The van der Waals surface area contributed by atoms with Crippen molar-refractivity contribution in [2.24, 2.45) is 5.92 Å². The number of hydrogen-bond donors (Lipinski definition) is 1. The zero-order valence-corrected chi connectivity index (χ0v) is 19.2. The van der Waals surface area contributed by atoms with Crippen LogP contribution in [0.25, 0.3) is 11.3 Å². The summed E-state index contributed by atoms with van der Waals surface area (Å²) in [5, 5.41) is 5.08. The highest BCUT2D eigenvalue weighted by atomic mass is 32.1. The fourth-order valence-electron chi connectivity index (χ4n) is 3.64. The third kappa shape index (κ3) is 4.89. The molecule has 3 heterocycles. The number of esters is 1. The SMILES string of the molecule is CCOC(=O)c1sc(NC(=O)C2CCCN(C(=O)c3cccs3)C2)nc1-c1ccccc1. The van der Waals surface area contributed by atoms with Crippen LogP contribution in [0, 0.1) is 5.92 Å². The van der Waals surface area contributed by atoms with Gasteiger partial charge < -0.3 is 15.0 Å². The molecule has 0 radical (unpaired) electrons. The number of ether oxygens (including phenoxy) is 1. The summed E-state index contributed by atoms with van der Waals surface area (Å²) in [5.74, 6) is -1.03. The summed E-state index contributed by atoms with van der Waals surface area (Å²) in [4.78, 5) is 45.4. The molecule has 3 aromatic rings. The number of hydrogen-bond acceptors (Lipinski definition) is 7. The van der Waals surface area contributed by atoms with Crippen molar-refractivity contribution in [2.45, 2.75) is 19.8 Å². The molecule has 0 saturated carbocycles. The van der Waals surface area contributed by atoms with Crippen molar-refractivity contribution in [2.75, 3.05) is 25.0 Å². The van der Waals surface area contributed by atoms with Crippen LogP contribution in [-0.4, -0.2) is 47.4 Å². The Morgan fingerprint density at radius 3 is 2.72 bits per heavy atom. The molecule has 0 bridgehead atoms. The van der Waals surface area contributed by atoms with E-state index in [0.717, 1.165) is 23.3 Å². The largest absolute Gasteiger partial charge is 0.462 e. The number of thiophene rings is 1. The van der Waals surface area contributed by atoms with E-state index in [1.54, 1.807) is 17.9 Å². The number of thiazole rings is 1. The molecular weight excluding hydrogens is 446 g/mol. The number of nitrogens with one attached hydrogen (secondary N) is 1. The summed E-state index contributed by atoms with van der Waals surface area (Å²) in [5.41, 5.74) is 1.26. The highest BCUT2D eigenvalue weighted by molar-refractivity contribution is 7.18. The first kappa shape index (κ1) is 22.2. The van der Waals surface area contributed by atoms with Crippen molar-refractivity contribution in [3.05, 3.63) is 57.6 Å². The minimum Gasteiger partial charge on any atom is -0.462 e. The lowest BCUT2D eigenvalue weighted by molar-refractivity contribution is -0.121. The van der Waals surface area contributed by atoms with Crippen molar-refractivity contribution in [1.82, 2.24) is 9.88 Å². The number of benzene rings is 1. The molecule has 1 atom stereocenters. The van der Waals surface area contributed by atoms with Crippen LogP contribution in [-0.2, 0) is 9.53 Å². The van der Waals surface area contributed by atoms with Crippen LogP contribution in [0.3, 0.4) is 0 Å². The average molecular weight is 470 g/mol. The van der Waals surface area contributed by atoms with Crippen molar-refractivity contribution in [3.63, 3.8) is 0 Å². The molecule has 2 aromatic heterocycles. The van der Waals surface area contributed by atoms with Crippen LogP contribution >= 0.6 is 22.7 Å². The van der Waals surface area contributed by atoms with Gasteiger partial charge in [0.05, 0.1) is 23.1 Å². The summed E-state index contributed by atoms with van der Waals surface area (Å²) < 4.78 is 5.18. The van der Waals surface area contributed by atoms with Crippen molar-refractivity contribution in [3.8, 4) is 11.3 Å². The lowest BCUT2D eigenvalue weighted by atomic mass is 9.97. The summed E-state index contributed by atoms with van der Waals surface area (Å²) in [6.45, 7) is 3.01. The predicted octanol–water partition coefficient (Wildman–Crippen LogP) is 4.54. The van der Waals surface area contributed by atoms with Crippen LogP contribution in [0.4, 0.5) is 5.13 Å². The monoisotopic (exact) mass is 469 g/mol. The van der Waals surface area contributed by atoms with E-state index in [0.29, 0.717) is 40.1 Å². The average Bonchev–Trinajstić information content (AvgIpc) is 3.50. The van der Waals surface area contributed by atoms with Gasteiger partial charge in [0.2, 0.25) is 5.91 Å². The molecule has 1 aromatic carbocycles. The van der Waals surface area contributed by atoms with Crippen LogP contribution in [0.1, 0.15) is 39.1 Å². The van der Waals surface area contributed by atoms with E-state index in [1.165, 1.54) is 11.3 Å². The first-order valence-corrected chi connectivity index (χ1v) is 12.1. The Morgan fingerprint density at radius 2 is 2.00 bits per heavy atom. The highest BCUT2D eigenvalue weighted by Crippen LogP contribution is 2.32. The standard InChI is InChI=1S/C23H23N3O4S2/c1-2-30-22(29)19-18(15-8-4-3-5-9-15)24-23(32-19)25-20(27)16-10-6-12-26(14-16)21(28)17-11-7-13-31-17/h3-5,7-9,11,13,16H,2,6,10,12,14H2,1H3,(H,24,25,27). The number of anilines is 1. The Kier molecular flexibility index (Phi) is 6.96. The lowest BCUT2D eigenvalue weighted by Crippen LogP contribution is -2.43. The van der Waals surface area contributed by atoms with E-state index >= 15 is 0 Å². The number of piperidine rings is 1. The molecule has 9 heteroatoms. The lowest BCUT2D eigenvalue weighted by Gasteiger charge is -2.31. The molecule has 2 amide bonds. The molecule has 1 saturated heterocycles. The van der Waals surface area contributed by atoms with E-state index in [1.807, 2.05) is 41.8 Å². The molecule has 1 unspecified atom stereocenters. The number of carbonyl (C=O) groups excluding carboxylic acids is 3. The van der Waals surface area contributed by atoms with Gasteiger partial charge in [-0.25, -0.2) is 9.78 Å². The first-order chi connectivity index (χ1) is 15.6.